The summed E-state index contributed by atoms with van der Waals surface area (Å²) in [5.41, 5.74) is 0. The number of carboxylic acid groups (broad SMARTS) is 1. The molecule has 0 aliphatic carbocycles. The van der Waals surface area contributed by atoms with Gasteiger partial charge < -0.3 is 60.7 Å². The standard InChI is InChI=1S/C16H34.C6H10O7.C6H12O6/c1-3-5-7-9-11-13-15-16-14-12-10-8-6-4-2;7-1-2(8)3(9)4(10)5(11)6(12)13;7-1-3(9)5(11)6(12)4(10)2-8/h3-16H2,1-2H3;1-5,8-11H,(H,12,13);1,3-6,8-12H,2H2. The van der Waals surface area contributed by atoms with E-state index in [0.29, 0.717) is 0 Å². The Morgan fingerprint density at radius 2 is 0.829 bits per heavy atom. The van der Waals surface area contributed by atoms with Crippen molar-refractivity contribution in [3.63, 3.8) is 0 Å². The molecule has 41 heavy (non-hydrogen) atoms. The highest BCUT2D eigenvalue weighted by atomic mass is 16.4. The highest BCUT2D eigenvalue weighted by Gasteiger charge is 2.34. The molecule has 0 fully saturated rings. The fourth-order valence-corrected chi connectivity index (χ4v) is 3.50. The summed E-state index contributed by atoms with van der Waals surface area (Å²) in [6.07, 6.45) is 5.19. The molecule has 0 aliphatic rings. The lowest BCUT2D eigenvalue weighted by Gasteiger charge is -2.22. The van der Waals surface area contributed by atoms with Crippen molar-refractivity contribution in [1.82, 2.24) is 0 Å². The van der Waals surface area contributed by atoms with Gasteiger partial charge >= 0.3 is 5.97 Å². The molecule has 0 aromatic heterocycles. The molecular weight excluding hydrogens is 544 g/mol. The Labute approximate surface area is 243 Å². The number of aliphatic carboxylic acids is 1. The van der Waals surface area contributed by atoms with Crippen LogP contribution in [0.1, 0.15) is 104 Å². The van der Waals surface area contributed by atoms with Crippen LogP contribution in [0.25, 0.3) is 0 Å². The number of hydrogen-bond acceptors (Lipinski definition) is 12. The largest absolute Gasteiger partial charge is 0.479 e. The molecule has 13 heteroatoms. The van der Waals surface area contributed by atoms with Gasteiger partial charge in [-0.15, -0.1) is 0 Å². The van der Waals surface area contributed by atoms with Crippen LogP contribution in [0.3, 0.4) is 0 Å². The number of hydrogen-bond donors (Lipinski definition) is 10. The molecule has 10 N–H and O–H groups in total. The number of carbonyl (C=O) groups excluding carboxylic acids is 2. The van der Waals surface area contributed by atoms with E-state index in [2.05, 4.69) is 13.8 Å². The minimum Gasteiger partial charge on any atom is -0.479 e. The summed E-state index contributed by atoms with van der Waals surface area (Å²) in [6.45, 7) is 3.82. The monoisotopic (exact) mass is 600 g/mol. The second kappa shape index (κ2) is 29.9. The zero-order valence-corrected chi connectivity index (χ0v) is 24.6. The number of aliphatic hydroxyl groups is 9. The summed E-state index contributed by atoms with van der Waals surface area (Å²) in [4.78, 5) is 29.9. The summed E-state index contributed by atoms with van der Waals surface area (Å²) < 4.78 is 0. The molecule has 0 aromatic carbocycles. The Bertz CT molecular complexity index is 594. The van der Waals surface area contributed by atoms with Crippen LogP contribution in [0.2, 0.25) is 0 Å². The van der Waals surface area contributed by atoms with E-state index >= 15 is 0 Å². The van der Waals surface area contributed by atoms with Gasteiger partial charge in [-0.3, -0.25) is 0 Å². The minimum atomic E-state index is -2.25. The quantitative estimate of drug-likeness (QED) is 0.0540. The van der Waals surface area contributed by atoms with Gasteiger partial charge in [-0.05, 0) is 0 Å². The van der Waals surface area contributed by atoms with Crippen LogP contribution >= 0.6 is 0 Å². The number of carbonyl (C=O) groups is 3. The topological polar surface area (TPSA) is 254 Å². The third kappa shape index (κ3) is 24.7. The van der Waals surface area contributed by atoms with Crippen molar-refractivity contribution in [2.75, 3.05) is 6.61 Å². The van der Waals surface area contributed by atoms with E-state index < -0.39 is 61.4 Å². The van der Waals surface area contributed by atoms with E-state index in [1.165, 1.54) is 89.9 Å². The smallest absolute Gasteiger partial charge is 0.335 e. The minimum absolute atomic E-state index is 0.0258. The third-order valence-corrected chi connectivity index (χ3v) is 6.29. The lowest BCUT2D eigenvalue weighted by atomic mass is 10.0. The van der Waals surface area contributed by atoms with Gasteiger partial charge in [0.25, 0.3) is 0 Å². The molecule has 0 amide bonds. The third-order valence-electron chi connectivity index (χ3n) is 6.29. The van der Waals surface area contributed by atoms with E-state index in [-0.39, 0.29) is 12.6 Å². The van der Waals surface area contributed by atoms with Crippen molar-refractivity contribution in [3.05, 3.63) is 0 Å². The predicted octanol–water partition coefficient (Wildman–Crippen LogP) is -0.178. The Kier molecular flexibility index (Phi) is 32.0. The summed E-state index contributed by atoms with van der Waals surface area (Å²) in [5, 5.41) is 86.7. The second-order valence-electron chi connectivity index (χ2n) is 9.99. The van der Waals surface area contributed by atoms with Crippen molar-refractivity contribution in [3.8, 4) is 0 Å². The molecule has 0 saturated heterocycles. The average Bonchev–Trinajstić information content (AvgIpc) is 2.98. The summed E-state index contributed by atoms with van der Waals surface area (Å²) in [6, 6.07) is 0. The van der Waals surface area contributed by atoms with Gasteiger partial charge in [0.1, 0.15) is 42.7 Å². The van der Waals surface area contributed by atoms with Gasteiger partial charge in [0, 0.05) is 0 Å². The molecule has 0 saturated carbocycles. The first-order valence-corrected chi connectivity index (χ1v) is 14.6. The van der Waals surface area contributed by atoms with E-state index in [4.69, 9.17) is 51.1 Å². The van der Waals surface area contributed by atoms with Gasteiger partial charge in [0.2, 0.25) is 0 Å². The molecule has 0 spiro atoms. The van der Waals surface area contributed by atoms with Crippen LogP contribution in [-0.2, 0) is 14.4 Å². The van der Waals surface area contributed by atoms with Crippen molar-refractivity contribution in [2.45, 2.75) is 153 Å². The Morgan fingerprint density at radius 1 is 0.537 bits per heavy atom. The molecule has 0 aromatic rings. The highest BCUT2D eigenvalue weighted by Crippen LogP contribution is 2.12. The van der Waals surface area contributed by atoms with Crippen LogP contribution in [0.5, 0.6) is 0 Å². The summed E-state index contributed by atoms with van der Waals surface area (Å²) in [7, 11) is 0. The van der Waals surface area contributed by atoms with Crippen molar-refractivity contribution < 1.29 is 65.4 Å². The lowest BCUT2D eigenvalue weighted by molar-refractivity contribution is -0.163. The summed E-state index contributed by atoms with van der Waals surface area (Å²) >= 11 is 0. The molecule has 8 unspecified atom stereocenters. The van der Waals surface area contributed by atoms with Gasteiger partial charge in [-0.25, -0.2) is 4.79 Å². The normalized spacial score (nSPS) is 16.8. The van der Waals surface area contributed by atoms with Gasteiger partial charge in [0.05, 0.1) is 6.61 Å². The molecule has 246 valence electrons. The first-order chi connectivity index (χ1) is 19.4. The van der Waals surface area contributed by atoms with Gasteiger partial charge in [0.15, 0.2) is 18.7 Å². The molecule has 0 aliphatic heterocycles. The fourth-order valence-electron chi connectivity index (χ4n) is 3.50. The van der Waals surface area contributed by atoms with E-state index in [0.717, 1.165) is 0 Å². The first-order valence-electron chi connectivity index (χ1n) is 14.6. The molecule has 13 nitrogen and oxygen atoms in total. The molecule has 8 atom stereocenters. The second-order valence-corrected chi connectivity index (χ2v) is 9.99. The van der Waals surface area contributed by atoms with Crippen molar-refractivity contribution >= 4 is 18.5 Å². The lowest BCUT2D eigenvalue weighted by Crippen LogP contribution is -2.48. The van der Waals surface area contributed by atoms with Gasteiger partial charge in [-0.2, -0.15) is 0 Å². The highest BCUT2D eigenvalue weighted by molar-refractivity contribution is 5.73. The molecular formula is C28H56O13. The Hall–Kier alpha value is -1.55. The zero-order valence-electron chi connectivity index (χ0n) is 24.6. The van der Waals surface area contributed by atoms with Crippen LogP contribution in [-0.4, -0.2) is 125 Å². The van der Waals surface area contributed by atoms with Crippen LogP contribution in [0, 0.1) is 0 Å². The average molecular weight is 601 g/mol. The van der Waals surface area contributed by atoms with Crippen LogP contribution in [0.15, 0.2) is 0 Å². The number of aldehydes is 2. The predicted molar refractivity (Wildman–Crippen MR) is 151 cm³/mol. The Morgan fingerprint density at radius 3 is 1.07 bits per heavy atom. The number of carboxylic acids is 1. The van der Waals surface area contributed by atoms with E-state index in [1.807, 2.05) is 0 Å². The molecule has 0 radical (unpaired) electrons. The maximum Gasteiger partial charge on any atom is 0.335 e. The molecule has 0 rings (SSSR count). The van der Waals surface area contributed by atoms with Gasteiger partial charge in [-0.1, -0.05) is 104 Å². The zero-order chi connectivity index (χ0) is 32.2. The maximum atomic E-state index is 10.1. The number of aliphatic hydroxyl groups excluding tert-OH is 9. The SMILES string of the molecule is CCCCCCCCCCCCCCCC.O=CC(O)C(O)C(O)C(O)C(=O)O.O=CC(O)C(O)C(O)C(O)CO. The fraction of sp³-hybridized carbons (Fsp3) is 0.893. The number of rotatable bonds is 23. The van der Waals surface area contributed by atoms with E-state index in [9.17, 15) is 14.4 Å². The van der Waals surface area contributed by atoms with E-state index in [1.54, 1.807) is 0 Å². The van der Waals surface area contributed by atoms with Crippen molar-refractivity contribution in [1.29, 1.82) is 0 Å². The van der Waals surface area contributed by atoms with Crippen molar-refractivity contribution in [2.24, 2.45) is 0 Å². The molecule has 0 bridgehead atoms. The van der Waals surface area contributed by atoms with Crippen LogP contribution < -0.4 is 0 Å². The van der Waals surface area contributed by atoms with Crippen LogP contribution in [0.4, 0.5) is 0 Å². The maximum absolute atomic E-state index is 10.1. The molecule has 0 heterocycles. The Balaban J connectivity index is -0.000000535. The number of unbranched alkanes of at least 4 members (excludes halogenated alkanes) is 13. The first kappa shape index (κ1) is 43.9. The summed E-state index contributed by atoms with van der Waals surface area (Å²) in [5.74, 6) is -1.76.